The number of carboxylic acid groups (broad SMARTS) is 3. The highest BCUT2D eigenvalue weighted by atomic mass is 24.3. The molecular formula is C8H10MgO6. The summed E-state index contributed by atoms with van der Waals surface area (Å²) in [5.74, 6) is -1.31. The van der Waals surface area contributed by atoms with Gasteiger partial charge in [-0.2, -0.15) is 0 Å². The minimum absolute atomic E-state index is 0. The minimum atomic E-state index is -1.83. The number of hydrogen-bond acceptors (Lipinski definition) is 3. The van der Waals surface area contributed by atoms with E-state index in [1.54, 1.807) is 12.1 Å². The maximum Gasteiger partial charge on any atom is 0.503 e. The molecule has 0 aliphatic rings. The zero-order chi connectivity index (χ0) is 11.1. The fourth-order valence-corrected chi connectivity index (χ4v) is 0.654. The van der Waals surface area contributed by atoms with Crippen molar-refractivity contribution in [3.05, 3.63) is 29.8 Å². The number of aromatic hydroxyl groups is 1. The molecule has 0 saturated heterocycles. The third kappa shape index (κ3) is 7.59. The van der Waals surface area contributed by atoms with Crippen LogP contribution in [0.4, 0.5) is 4.79 Å². The van der Waals surface area contributed by atoms with Crippen LogP contribution in [-0.4, -0.2) is 55.6 Å². The van der Waals surface area contributed by atoms with Crippen LogP contribution in [0.15, 0.2) is 24.3 Å². The monoisotopic (exact) mass is 226 g/mol. The van der Waals surface area contributed by atoms with Gasteiger partial charge < -0.3 is 20.4 Å². The molecule has 0 heterocycles. The molecule has 0 amide bonds. The van der Waals surface area contributed by atoms with E-state index in [2.05, 4.69) is 0 Å². The molecule has 0 aliphatic heterocycles. The van der Waals surface area contributed by atoms with E-state index in [0.29, 0.717) is 0 Å². The second kappa shape index (κ2) is 7.89. The average Bonchev–Trinajstić information content (AvgIpc) is 2.03. The zero-order valence-corrected chi connectivity index (χ0v) is 6.91. The van der Waals surface area contributed by atoms with Crippen molar-refractivity contribution in [2.24, 2.45) is 0 Å². The van der Waals surface area contributed by atoms with Crippen LogP contribution in [0.5, 0.6) is 5.75 Å². The lowest BCUT2D eigenvalue weighted by atomic mass is 10.2. The highest BCUT2D eigenvalue weighted by Crippen LogP contribution is 2.14. The number of phenols is 1. The van der Waals surface area contributed by atoms with Crippen molar-refractivity contribution in [3.63, 3.8) is 0 Å². The van der Waals surface area contributed by atoms with Crippen molar-refractivity contribution >= 4 is 35.2 Å². The highest BCUT2D eigenvalue weighted by molar-refractivity contribution is 5.90. The molecule has 0 aliphatic carbocycles. The van der Waals surface area contributed by atoms with Crippen LogP contribution in [0.2, 0.25) is 0 Å². The van der Waals surface area contributed by atoms with Crippen LogP contribution in [0.25, 0.3) is 0 Å². The summed E-state index contributed by atoms with van der Waals surface area (Å²) in [6, 6.07) is 5.81. The summed E-state index contributed by atoms with van der Waals surface area (Å²) in [5, 5.41) is 31.3. The molecule has 7 heteroatoms. The average molecular weight is 226 g/mol. The first-order valence-corrected chi connectivity index (χ1v) is 3.38. The molecule has 0 unspecified atom stereocenters. The van der Waals surface area contributed by atoms with E-state index in [1.165, 1.54) is 12.1 Å². The maximum atomic E-state index is 10.3. The number of benzene rings is 1. The van der Waals surface area contributed by atoms with Gasteiger partial charge in [-0.3, -0.25) is 0 Å². The van der Waals surface area contributed by atoms with Gasteiger partial charge in [-0.25, -0.2) is 9.59 Å². The first-order chi connectivity index (χ1) is 6.45. The number of para-hydroxylation sites is 1. The second-order valence-corrected chi connectivity index (χ2v) is 2.10. The molecule has 0 atom stereocenters. The molecule has 0 spiro atoms. The summed E-state index contributed by atoms with van der Waals surface area (Å²) in [4.78, 5) is 18.8. The Balaban J connectivity index is 0. The van der Waals surface area contributed by atoms with Crippen molar-refractivity contribution < 1.29 is 30.0 Å². The van der Waals surface area contributed by atoms with Crippen molar-refractivity contribution in [1.82, 2.24) is 0 Å². The third-order valence-electron chi connectivity index (χ3n) is 1.13. The summed E-state index contributed by atoms with van der Waals surface area (Å²) < 4.78 is 0. The van der Waals surface area contributed by atoms with Gasteiger partial charge in [0.05, 0.1) is 0 Å². The van der Waals surface area contributed by atoms with E-state index < -0.39 is 12.1 Å². The van der Waals surface area contributed by atoms with Crippen LogP contribution >= 0.6 is 0 Å². The van der Waals surface area contributed by atoms with Gasteiger partial charge in [-0.05, 0) is 12.1 Å². The highest BCUT2D eigenvalue weighted by Gasteiger charge is 2.05. The number of carboxylic acids is 1. The van der Waals surface area contributed by atoms with E-state index >= 15 is 0 Å². The Bertz CT molecular complexity index is 334. The van der Waals surface area contributed by atoms with Gasteiger partial charge in [0.2, 0.25) is 0 Å². The van der Waals surface area contributed by atoms with Gasteiger partial charge in [0.25, 0.3) is 0 Å². The van der Waals surface area contributed by atoms with E-state index in [4.69, 9.17) is 25.2 Å². The largest absolute Gasteiger partial charge is 0.507 e. The fraction of sp³-hybridized carbons (Fsp3) is 0. The van der Waals surface area contributed by atoms with Crippen molar-refractivity contribution in [2.45, 2.75) is 0 Å². The predicted octanol–water partition coefficient (Wildman–Crippen LogP) is 0.397. The Labute approximate surface area is 101 Å². The molecule has 15 heavy (non-hydrogen) atoms. The third-order valence-corrected chi connectivity index (χ3v) is 1.13. The zero-order valence-electron chi connectivity index (χ0n) is 6.91. The number of rotatable bonds is 1. The molecule has 6 nitrogen and oxygen atoms in total. The first-order valence-electron chi connectivity index (χ1n) is 3.38. The summed E-state index contributed by atoms with van der Waals surface area (Å²) >= 11 is 0. The lowest BCUT2D eigenvalue weighted by molar-refractivity contribution is 0.0693. The quantitative estimate of drug-likeness (QED) is 0.515. The topological polar surface area (TPSA) is 115 Å². The van der Waals surface area contributed by atoms with Gasteiger partial charge in [-0.15, -0.1) is 0 Å². The smallest absolute Gasteiger partial charge is 0.503 e. The number of carbonyl (C=O) groups is 2. The molecule has 80 valence electrons. The van der Waals surface area contributed by atoms with Gasteiger partial charge in [0, 0.05) is 0 Å². The molecule has 0 saturated carbocycles. The summed E-state index contributed by atoms with van der Waals surface area (Å²) in [5.41, 5.74) is -0.0671. The first kappa shape index (κ1) is 16.0. The standard InChI is InChI=1S/C7H6O3.CH2O3.Mg.2H/c8-6-4-2-1-3-5(6)7(9)10;2-1(3)4;;;/h1-4,8H,(H,9,10);(H2,2,3,4);;;. The maximum absolute atomic E-state index is 10.3. The molecule has 0 radical (unpaired) electrons. The molecule has 0 fully saturated rings. The summed E-state index contributed by atoms with van der Waals surface area (Å²) in [6.07, 6.45) is -1.83. The lowest BCUT2D eigenvalue weighted by Gasteiger charge is -1.95. The Morgan fingerprint density at radius 2 is 1.40 bits per heavy atom. The SMILES string of the molecule is O=C(O)O.O=C(O)c1ccccc1O.[MgH2]. The van der Waals surface area contributed by atoms with Crippen LogP contribution in [-0.2, 0) is 0 Å². The molecule has 1 aromatic carbocycles. The van der Waals surface area contributed by atoms with E-state index in [-0.39, 0.29) is 34.4 Å². The number of hydrogen-bond donors (Lipinski definition) is 4. The Kier molecular flexibility index (Phi) is 8.40. The Morgan fingerprint density at radius 1 is 1.00 bits per heavy atom. The van der Waals surface area contributed by atoms with E-state index in [0.717, 1.165) is 0 Å². The van der Waals surface area contributed by atoms with Crippen LogP contribution in [0.1, 0.15) is 10.4 Å². The molecule has 1 aromatic rings. The molecule has 1 rings (SSSR count). The normalized spacial score (nSPS) is 7.73. The Hall–Kier alpha value is -1.47. The molecule has 4 N–H and O–H groups in total. The number of aromatic carboxylic acids is 1. The van der Waals surface area contributed by atoms with E-state index in [9.17, 15) is 4.79 Å². The fourth-order valence-electron chi connectivity index (χ4n) is 0.654. The summed E-state index contributed by atoms with van der Waals surface area (Å²) in [7, 11) is 0. The minimum Gasteiger partial charge on any atom is -0.507 e. The summed E-state index contributed by atoms with van der Waals surface area (Å²) in [6.45, 7) is 0. The molecular weight excluding hydrogens is 216 g/mol. The van der Waals surface area contributed by atoms with Gasteiger partial charge in [0.1, 0.15) is 11.3 Å². The van der Waals surface area contributed by atoms with Crippen molar-refractivity contribution in [1.29, 1.82) is 0 Å². The van der Waals surface area contributed by atoms with Crippen LogP contribution in [0, 0.1) is 0 Å². The van der Waals surface area contributed by atoms with Crippen molar-refractivity contribution in [3.8, 4) is 5.75 Å². The van der Waals surface area contributed by atoms with Crippen molar-refractivity contribution in [2.75, 3.05) is 0 Å². The van der Waals surface area contributed by atoms with E-state index in [1.807, 2.05) is 0 Å². The van der Waals surface area contributed by atoms with Gasteiger partial charge >= 0.3 is 35.2 Å². The Morgan fingerprint density at radius 3 is 1.67 bits per heavy atom. The van der Waals surface area contributed by atoms with Gasteiger partial charge in [0.15, 0.2) is 0 Å². The van der Waals surface area contributed by atoms with Crippen LogP contribution in [0.3, 0.4) is 0 Å². The predicted molar refractivity (Wildman–Crippen MR) is 54.3 cm³/mol. The van der Waals surface area contributed by atoms with Gasteiger partial charge in [-0.1, -0.05) is 12.1 Å². The lowest BCUT2D eigenvalue weighted by Crippen LogP contribution is -1.95. The molecule has 0 bridgehead atoms. The molecule has 0 aromatic heterocycles. The second-order valence-electron chi connectivity index (χ2n) is 2.10. The van der Waals surface area contributed by atoms with Crippen LogP contribution < -0.4 is 0 Å².